The second-order valence-electron chi connectivity index (χ2n) is 2.28. The molecule has 58 valence electrons. The van der Waals surface area contributed by atoms with Gasteiger partial charge in [-0.3, -0.25) is 0 Å². The van der Waals surface area contributed by atoms with Crippen molar-refractivity contribution in [1.82, 2.24) is 24.5 Å². The van der Waals surface area contributed by atoms with E-state index in [1.54, 1.807) is 0 Å². The molecule has 0 saturated heterocycles. The van der Waals surface area contributed by atoms with Crippen LogP contribution in [-0.2, 0) is 0 Å². The Labute approximate surface area is 66.2 Å². The van der Waals surface area contributed by atoms with Crippen LogP contribution in [0, 0.1) is 0 Å². The molecule has 3 rings (SSSR count). The summed E-state index contributed by atoms with van der Waals surface area (Å²) in [4.78, 5) is 15.9. The summed E-state index contributed by atoms with van der Waals surface area (Å²) in [5.41, 5.74) is 1.30. The minimum Gasteiger partial charge on any atom is -0.360 e. The van der Waals surface area contributed by atoms with Crippen molar-refractivity contribution in [3.63, 3.8) is 0 Å². The van der Waals surface area contributed by atoms with Crippen molar-refractivity contribution in [3.8, 4) is 11.5 Å². The van der Waals surface area contributed by atoms with Crippen LogP contribution in [0.1, 0.15) is 0 Å². The lowest BCUT2D eigenvalue weighted by atomic mass is 10.4. The first-order valence-corrected chi connectivity index (χ1v) is 3.33. The number of fused-ring (bicyclic) bond motifs is 3. The fraction of sp³-hybridized carbons (Fsp3) is 0. The molecule has 2 aliphatic rings. The second kappa shape index (κ2) is 1.79. The predicted octanol–water partition coefficient (Wildman–Crippen LogP) is 0.217. The first kappa shape index (κ1) is 5.64. The average Bonchev–Trinajstić information content (AvgIpc) is 2.71. The minimum absolute atomic E-state index is 0.587. The summed E-state index contributed by atoms with van der Waals surface area (Å²) < 4.78 is 6.41. The minimum atomic E-state index is 0.587. The highest BCUT2D eigenvalue weighted by molar-refractivity contribution is 5.67. The number of hydrogen-bond acceptors (Lipinski definition) is 5. The zero-order valence-electron chi connectivity index (χ0n) is 5.88. The van der Waals surface area contributed by atoms with Gasteiger partial charge in [0, 0.05) is 0 Å². The molecule has 0 saturated carbocycles. The van der Waals surface area contributed by atoms with Gasteiger partial charge in [0.2, 0.25) is 12.0 Å². The normalized spacial score (nSPS) is 11.3. The van der Waals surface area contributed by atoms with Crippen molar-refractivity contribution >= 4 is 5.65 Å². The average molecular weight is 161 g/mol. The first-order chi connectivity index (χ1) is 5.95. The van der Waals surface area contributed by atoms with Crippen LogP contribution in [0.15, 0.2) is 23.6 Å². The van der Waals surface area contributed by atoms with Gasteiger partial charge in [0.1, 0.15) is 12.7 Å². The molecule has 2 aliphatic heterocycles. The zero-order valence-corrected chi connectivity index (χ0v) is 5.88. The van der Waals surface area contributed by atoms with E-state index in [-0.39, 0.29) is 0 Å². The maximum Gasteiger partial charge on any atom is 0.212 e. The Bertz CT molecular complexity index is 498. The molecular weight excluding hydrogens is 158 g/mol. The van der Waals surface area contributed by atoms with E-state index < -0.39 is 0 Å². The molecule has 0 bridgehead atoms. The van der Waals surface area contributed by atoms with E-state index in [1.165, 1.54) is 23.6 Å². The molecule has 6 nitrogen and oxygen atoms in total. The largest absolute Gasteiger partial charge is 0.360 e. The lowest BCUT2D eigenvalue weighted by molar-refractivity contribution is 0.368. The molecule has 6 heteroatoms. The van der Waals surface area contributed by atoms with E-state index in [4.69, 9.17) is 4.52 Å². The molecule has 0 aliphatic carbocycles. The van der Waals surface area contributed by atoms with Crippen molar-refractivity contribution < 1.29 is 4.52 Å². The zero-order chi connectivity index (χ0) is 7.97. The van der Waals surface area contributed by atoms with Crippen molar-refractivity contribution in [2.75, 3.05) is 0 Å². The summed E-state index contributed by atoms with van der Waals surface area (Å²) in [6.07, 6.45) is 4.30. The molecule has 0 atom stereocenters. The molecule has 0 unspecified atom stereocenters. The van der Waals surface area contributed by atoms with Crippen LogP contribution in [-0.4, -0.2) is 24.5 Å². The van der Waals surface area contributed by atoms with Crippen LogP contribution < -0.4 is 0 Å². The van der Waals surface area contributed by atoms with Gasteiger partial charge in [0.25, 0.3) is 0 Å². The summed E-state index contributed by atoms with van der Waals surface area (Å²) >= 11 is 0. The van der Waals surface area contributed by atoms with E-state index in [0.717, 1.165) is 0 Å². The third-order valence-electron chi connectivity index (χ3n) is 1.62. The fourth-order valence-corrected chi connectivity index (χ4v) is 1.10. The second-order valence-corrected chi connectivity index (χ2v) is 2.28. The van der Waals surface area contributed by atoms with Gasteiger partial charge in [-0.2, -0.15) is 4.98 Å². The third-order valence-corrected chi connectivity index (χ3v) is 1.62. The van der Waals surface area contributed by atoms with E-state index in [2.05, 4.69) is 19.9 Å². The maximum atomic E-state index is 4.97. The Morgan fingerprint density at radius 3 is 3.17 bits per heavy atom. The van der Waals surface area contributed by atoms with Gasteiger partial charge < -0.3 is 4.52 Å². The van der Waals surface area contributed by atoms with Crippen molar-refractivity contribution in [2.45, 2.75) is 0 Å². The van der Waals surface area contributed by atoms with Gasteiger partial charge in [0.15, 0.2) is 11.5 Å². The van der Waals surface area contributed by atoms with Crippen molar-refractivity contribution in [2.24, 2.45) is 0 Å². The van der Waals surface area contributed by atoms with Gasteiger partial charge >= 0.3 is 0 Å². The summed E-state index contributed by atoms with van der Waals surface area (Å²) in [6.45, 7) is 0. The fourth-order valence-electron chi connectivity index (χ4n) is 1.10. The molecule has 0 spiro atoms. The predicted molar refractivity (Wildman–Crippen MR) is 37.5 cm³/mol. The number of hydrogen-bond donors (Lipinski definition) is 0. The molecular formula is C6H3N5O. The van der Waals surface area contributed by atoms with Gasteiger partial charge in [-0.1, -0.05) is 0 Å². The van der Waals surface area contributed by atoms with E-state index >= 15 is 0 Å². The van der Waals surface area contributed by atoms with Gasteiger partial charge in [-0.15, -0.1) is 4.57 Å². The third kappa shape index (κ3) is 0.541. The van der Waals surface area contributed by atoms with E-state index in [1.807, 2.05) is 0 Å². The van der Waals surface area contributed by atoms with Crippen LogP contribution in [0.2, 0.25) is 0 Å². The van der Waals surface area contributed by atoms with E-state index in [0.29, 0.717) is 17.2 Å². The van der Waals surface area contributed by atoms with Gasteiger partial charge in [-0.05, 0) is 0 Å². The highest BCUT2D eigenvalue weighted by Crippen LogP contribution is 2.17. The highest BCUT2D eigenvalue weighted by Gasteiger charge is 2.13. The van der Waals surface area contributed by atoms with E-state index in [9.17, 15) is 0 Å². The quantitative estimate of drug-likeness (QED) is 0.471. The standard InChI is InChI=1S/C6H3N5O/c1-7-4-5(8-1)9-2-11-6(4)10-3-12-11/h1-3H. The Kier molecular flexibility index (Phi) is 0.840. The Morgan fingerprint density at radius 1 is 1.17 bits per heavy atom. The Balaban J connectivity index is 2.61. The van der Waals surface area contributed by atoms with Crippen molar-refractivity contribution in [1.29, 1.82) is 0 Å². The van der Waals surface area contributed by atoms with Crippen LogP contribution in [0.4, 0.5) is 0 Å². The number of rotatable bonds is 0. The van der Waals surface area contributed by atoms with Crippen LogP contribution in [0.3, 0.4) is 0 Å². The lowest BCUT2D eigenvalue weighted by Gasteiger charge is -1.93. The molecule has 3 heterocycles. The Morgan fingerprint density at radius 2 is 2.17 bits per heavy atom. The number of aromatic nitrogens is 5. The summed E-state index contributed by atoms with van der Waals surface area (Å²) in [5, 5.41) is 0. The molecule has 0 fully saturated rings. The molecule has 1 aromatic rings. The first-order valence-electron chi connectivity index (χ1n) is 3.33. The molecule has 0 amide bonds. The Hall–Kier alpha value is -1.98. The van der Waals surface area contributed by atoms with Crippen molar-refractivity contribution in [3.05, 3.63) is 19.0 Å². The maximum absolute atomic E-state index is 4.97. The number of nitrogens with zero attached hydrogens (tertiary/aromatic N) is 5. The van der Waals surface area contributed by atoms with Crippen LogP contribution in [0.5, 0.6) is 0 Å². The van der Waals surface area contributed by atoms with Crippen LogP contribution in [0.25, 0.3) is 17.2 Å². The number of imidazole rings is 1. The summed E-state index contributed by atoms with van der Waals surface area (Å²) in [6, 6.07) is 0. The molecule has 0 radical (unpaired) electrons. The smallest absolute Gasteiger partial charge is 0.212 e. The summed E-state index contributed by atoms with van der Waals surface area (Å²) in [7, 11) is 0. The monoisotopic (exact) mass is 161 g/mol. The highest BCUT2D eigenvalue weighted by atomic mass is 16.5. The topological polar surface area (TPSA) is 69.1 Å². The molecule has 1 aromatic heterocycles. The molecule has 12 heavy (non-hydrogen) atoms. The summed E-state index contributed by atoms with van der Waals surface area (Å²) in [5.74, 6) is 0.587. The van der Waals surface area contributed by atoms with Gasteiger partial charge in [-0.25, -0.2) is 15.0 Å². The molecule has 0 aromatic carbocycles. The molecule has 0 N–H and O–H groups in total. The van der Waals surface area contributed by atoms with Crippen LogP contribution >= 0.6 is 0 Å². The van der Waals surface area contributed by atoms with Gasteiger partial charge in [0.05, 0.1) is 0 Å². The lowest BCUT2D eigenvalue weighted by Crippen LogP contribution is -1.92. The SMILES string of the molecule is c1nc2ncn3ocnc3c-2n1.